The molecule has 0 bridgehead atoms. The van der Waals surface area contributed by atoms with E-state index in [1.165, 1.54) is 9.47 Å². The zero-order valence-corrected chi connectivity index (χ0v) is 13.4. The third-order valence-electron chi connectivity index (χ3n) is 3.08. The fraction of sp³-hybridized carbons (Fsp3) is 0.200. The number of hydrogen-bond acceptors (Lipinski definition) is 2. The second-order valence-corrected chi connectivity index (χ2v) is 5.57. The third-order valence-corrected chi connectivity index (χ3v) is 3.85. The summed E-state index contributed by atoms with van der Waals surface area (Å²) in [5.41, 5.74) is 1.03. The zero-order valence-electron chi connectivity index (χ0n) is 11.8. The summed E-state index contributed by atoms with van der Waals surface area (Å²) in [6.45, 7) is 0.445. The standard InChI is InChI=1S/C15H16BrN3O2/c1-18-9-5-8-13(14(18)20)17-15(21)19(2)10-11-6-3-4-7-12(11)16/h3-9H,10H2,1-2H3,(H,17,21). The number of halogens is 1. The van der Waals surface area contributed by atoms with Crippen LogP contribution in [0.3, 0.4) is 0 Å². The SMILES string of the molecule is CN(Cc1ccccc1Br)C(=O)Nc1cccn(C)c1=O. The Labute approximate surface area is 131 Å². The van der Waals surface area contributed by atoms with E-state index in [1.54, 1.807) is 32.4 Å². The Kier molecular flexibility index (Phi) is 4.80. The Morgan fingerprint density at radius 2 is 2.00 bits per heavy atom. The first kappa shape index (κ1) is 15.3. The molecule has 0 spiro atoms. The van der Waals surface area contributed by atoms with Crippen LogP contribution in [-0.4, -0.2) is 22.5 Å². The molecule has 2 aromatic rings. The van der Waals surface area contributed by atoms with Crippen molar-refractivity contribution in [2.75, 3.05) is 12.4 Å². The average molecular weight is 350 g/mol. The van der Waals surface area contributed by atoms with E-state index in [0.717, 1.165) is 10.0 Å². The highest BCUT2D eigenvalue weighted by atomic mass is 79.9. The molecular formula is C15H16BrN3O2. The maximum Gasteiger partial charge on any atom is 0.322 e. The monoisotopic (exact) mass is 349 g/mol. The molecular weight excluding hydrogens is 334 g/mol. The average Bonchev–Trinajstić information content (AvgIpc) is 2.46. The number of aromatic nitrogens is 1. The molecule has 0 aliphatic carbocycles. The summed E-state index contributed by atoms with van der Waals surface area (Å²) in [5.74, 6) is 0. The minimum atomic E-state index is -0.325. The van der Waals surface area contributed by atoms with Gasteiger partial charge in [0.05, 0.1) is 0 Å². The van der Waals surface area contributed by atoms with Crippen LogP contribution in [-0.2, 0) is 13.6 Å². The molecule has 5 nitrogen and oxygen atoms in total. The molecule has 0 radical (unpaired) electrons. The molecule has 0 unspecified atom stereocenters. The second kappa shape index (κ2) is 6.58. The maximum atomic E-state index is 12.1. The van der Waals surface area contributed by atoms with Gasteiger partial charge < -0.3 is 14.8 Å². The Hall–Kier alpha value is -2.08. The fourth-order valence-corrected chi connectivity index (χ4v) is 2.27. The molecule has 2 amide bonds. The molecule has 0 aliphatic rings. The molecule has 0 aliphatic heterocycles. The third kappa shape index (κ3) is 3.72. The summed E-state index contributed by atoms with van der Waals surface area (Å²) in [4.78, 5) is 25.5. The van der Waals surface area contributed by atoms with Gasteiger partial charge in [0, 0.05) is 31.3 Å². The Bertz CT molecular complexity index is 712. The lowest BCUT2D eigenvalue weighted by Crippen LogP contribution is -2.33. The number of pyridine rings is 1. The number of nitrogens with one attached hydrogen (secondary N) is 1. The van der Waals surface area contributed by atoms with Gasteiger partial charge in [0.2, 0.25) is 0 Å². The predicted octanol–water partition coefficient (Wildman–Crippen LogP) is 2.81. The first-order valence-corrected chi connectivity index (χ1v) is 7.19. The van der Waals surface area contributed by atoms with Gasteiger partial charge in [0.25, 0.3) is 5.56 Å². The highest BCUT2D eigenvalue weighted by molar-refractivity contribution is 9.10. The molecule has 1 aromatic heterocycles. The van der Waals surface area contributed by atoms with E-state index in [0.29, 0.717) is 6.54 Å². The van der Waals surface area contributed by atoms with E-state index >= 15 is 0 Å². The summed E-state index contributed by atoms with van der Waals surface area (Å²) < 4.78 is 2.36. The second-order valence-electron chi connectivity index (χ2n) is 4.72. The molecule has 2 rings (SSSR count). The molecule has 1 aromatic carbocycles. The van der Waals surface area contributed by atoms with Crippen molar-refractivity contribution in [3.63, 3.8) is 0 Å². The number of carbonyl (C=O) groups excluding carboxylic acids is 1. The fourth-order valence-electron chi connectivity index (χ4n) is 1.86. The molecule has 0 saturated heterocycles. The molecule has 21 heavy (non-hydrogen) atoms. The largest absolute Gasteiger partial charge is 0.323 e. The summed E-state index contributed by atoms with van der Waals surface area (Å²) in [6, 6.07) is 10.7. The van der Waals surface area contributed by atoms with Gasteiger partial charge in [-0.05, 0) is 23.8 Å². The van der Waals surface area contributed by atoms with E-state index in [-0.39, 0.29) is 17.3 Å². The molecule has 110 valence electrons. The molecule has 1 N–H and O–H groups in total. The molecule has 0 atom stereocenters. The summed E-state index contributed by atoms with van der Waals surface area (Å²) in [5, 5.41) is 2.63. The molecule has 0 fully saturated rings. The van der Waals surface area contributed by atoms with E-state index in [2.05, 4.69) is 21.2 Å². The van der Waals surface area contributed by atoms with Gasteiger partial charge in [-0.25, -0.2) is 4.79 Å². The number of rotatable bonds is 3. The van der Waals surface area contributed by atoms with Crippen LogP contribution in [0.4, 0.5) is 10.5 Å². The van der Waals surface area contributed by atoms with E-state index in [9.17, 15) is 9.59 Å². The Morgan fingerprint density at radius 1 is 1.29 bits per heavy atom. The van der Waals surface area contributed by atoms with Crippen molar-refractivity contribution in [3.8, 4) is 0 Å². The summed E-state index contributed by atoms with van der Waals surface area (Å²) in [7, 11) is 3.32. The van der Waals surface area contributed by atoms with Crippen LogP contribution in [0.5, 0.6) is 0 Å². The number of nitrogens with zero attached hydrogens (tertiary/aromatic N) is 2. The van der Waals surface area contributed by atoms with Crippen molar-refractivity contribution in [2.24, 2.45) is 7.05 Å². The van der Waals surface area contributed by atoms with Crippen molar-refractivity contribution in [1.82, 2.24) is 9.47 Å². The zero-order chi connectivity index (χ0) is 15.4. The van der Waals surface area contributed by atoms with Gasteiger partial charge in [-0.15, -0.1) is 0 Å². The summed E-state index contributed by atoms with van der Waals surface area (Å²) >= 11 is 3.45. The molecule has 0 saturated carbocycles. The lowest BCUT2D eigenvalue weighted by atomic mass is 10.2. The van der Waals surface area contributed by atoms with Crippen LogP contribution < -0.4 is 10.9 Å². The number of anilines is 1. The summed E-state index contributed by atoms with van der Waals surface area (Å²) in [6.07, 6.45) is 1.64. The number of aryl methyl sites for hydroxylation is 1. The van der Waals surface area contributed by atoms with Gasteiger partial charge in [-0.3, -0.25) is 4.79 Å². The van der Waals surface area contributed by atoms with Crippen LogP contribution in [0.1, 0.15) is 5.56 Å². The lowest BCUT2D eigenvalue weighted by Gasteiger charge is -2.18. The van der Waals surface area contributed by atoms with Crippen molar-refractivity contribution in [1.29, 1.82) is 0 Å². The van der Waals surface area contributed by atoms with Gasteiger partial charge in [-0.1, -0.05) is 34.1 Å². The van der Waals surface area contributed by atoms with Crippen LogP contribution in [0, 0.1) is 0 Å². The Morgan fingerprint density at radius 3 is 2.71 bits per heavy atom. The Balaban J connectivity index is 2.08. The van der Waals surface area contributed by atoms with Crippen LogP contribution >= 0.6 is 15.9 Å². The highest BCUT2D eigenvalue weighted by Crippen LogP contribution is 2.17. The predicted molar refractivity (Wildman–Crippen MR) is 86.3 cm³/mol. The first-order valence-electron chi connectivity index (χ1n) is 6.40. The van der Waals surface area contributed by atoms with Crippen LogP contribution in [0.2, 0.25) is 0 Å². The van der Waals surface area contributed by atoms with Crippen molar-refractivity contribution < 1.29 is 4.79 Å². The van der Waals surface area contributed by atoms with Crippen molar-refractivity contribution in [2.45, 2.75) is 6.54 Å². The topological polar surface area (TPSA) is 54.3 Å². The van der Waals surface area contributed by atoms with Gasteiger partial charge in [0.15, 0.2) is 0 Å². The van der Waals surface area contributed by atoms with Gasteiger partial charge >= 0.3 is 6.03 Å². The highest BCUT2D eigenvalue weighted by Gasteiger charge is 2.12. The lowest BCUT2D eigenvalue weighted by molar-refractivity contribution is 0.220. The number of carbonyl (C=O) groups is 1. The number of urea groups is 1. The van der Waals surface area contributed by atoms with E-state index < -0.39 is 0 Å². The van der Waals surface area contributed by atoms with Crippen LogP contribution in [0.25, 0.3) is 0 Å². The minimum Gasteiger partial charge on any atom is -0.323 e. The van der Waals surface area contributed by atoms with Gasteiger partial charge in [-0.2, -0.15) is 0 Å². The number of hydrogen-bond donors (Lipinski definition) is 1. The van der Waals surface area contributed by atoms with Crippen LogP contribution in [0.15, 0.2) is 51.9 Å². The quantitative estimate of drug-likeness (QED) is 0.926. The van der Waals surface area contributed by atoms with Gasteiger partial charge in [0.1, 0.15) is 5.69 Å². The molecule has 1 heterocycles. The normalized spacial score (nSPS) is 10.2. The van der Waals surface area contributed by atoms with E-state index in [1.807, 2.05) is 24.3 Å². The number of amides is 2. The van der Waals surface area contributed by atoms with Crippen molar-refractivity contribution in [3.05, 3.63) is 63.0 Å². The first-order chi connectivity index (χ1) is 9.99. The van der Waals surface area contributed by atoms with Crippen molar-refractivity contribution >= 4 is 27.6 Å². The number of benzene rings is 1. The smallest absolute Gasteiger partial charge is 0.322 e. The molecule has 6 heteroatoms. The minimum absolute atomic E-state index is 0.236. The van der Waals surface area contributed by atoms with E-state index in [4.69, 9.17) is 0 Å². The maximum absolute atomic E-state index is 12.1.